The summed E-state index contributed by atoms with van der Waals surface area (Å²) in [7, 11) is 1.05. The van der Waals surface area contributed by atoms with Gasteiger partial charge in [0.15, 0.2) is 0 Å². The summed E-state index contributed by atoms with van der Waals surface area (Å²) in [6.45, 7) is 0. The lowest BCUT2D eigenvalue weighted by molar-refractivity contribution is -0.145. The Morgan fingerprint density at radius 3 is 2.69 bits per heavy atom. The van der Waals surface area contributed by atoms with Crippen molar-refractivity contribution in [3.05, 3.63) is 29.6 Å². The molecule has 0 fully saturated rings. The Bertz CT molecular complexity index is 393. The van der Waals surface area contributed by atoms with Crippen LogP contribution in [0, 0.1) is 0 Å². The Morgan fingerprint density at radius 1 is 1.56 bits per heavy atom. The molecule has 1 aromatic rings. The summed E-state index contributed by atoms with van der Waals surface area (Å²) < 4.78 is 41.8. The molecule has 88 valence electrons. The zero-order chi connectivity index (χ0) is 12.3. The van der Waals surface area contributed by atoms with E-state index in [1.54, 1.807) is 0 Å². The van der Waals surface area contributed by atoms with Gasteiger partial charge in [-0.15, -0.1) is 0 Å². The molecule has 0 aliphatic carbocycles. The molecule has 16 heavy (non-hydrogen) atoms. The molecular weight excluding hydrogens is 225 g/mol. The van der Waals surface area contributed by atoms with Gasteiger partial charge in [-0.1, -0.05) is 6.07 Å². The van der Waals surface area contributed by atoms with Crippen molar-refractivity contribution in [3.63, 3.8) is 0 Å². The number of carbonyl (C=O) groups excluding carboxylic acids is 1. The third-order valence-corrected chi connectivity index (χ3v) is 1.90. The van der Waals surface area contributed by atoms with Gasteiger partial charge in [0, 0.05) is 11.8 Å². The number of methoxy groups -OCH3 is 1. The van der Waals surface area contributed by atoms with Crippen LogP contribution in [0.4, 0.5) is 13.2 Å². The highest BCUT2D eigenvalue weighted by Crippen LogP contribution is 2.32. The van der Waals surface area contributed by atoms with E-state index < -0.39 is 29.4 Å². The van der Waals surface area contributed by atoms with E-state index in [1.165, 1.54) is 6.07 Å². The molecule has 1 rings (SSSR count). The van der Waals surface area contributed by atoms with Crippen molar-refractivity contribution in [2.24, 2.45) is 5.73 Å². The van der Waals surface area contributed by atoms with Gasteiger partial charge in [0.05, 0.1) is 7.11 Å². The molecule has 7 heteroatoms. The summed E-state index contributed by atoms with van der Waals surface area (Å²) in [4.78, 5) is 14.2. The average molecular weight is 234 g/mol. The number of rotatable bonds is 2. The van der Waals surface area contributed by atoms with Crippen LogP contribution >= 0.6 is 0 Å². The predicted molar refractivity (Wildman–Crippen MR) is 48.2 cm³/mol. The topological polar surface area (TPSA) is 65.2 Å². The summed E-state index contributed by atoms with van der Waals surface area (Å²) in [5.74, 6) is -0.946. The fraction of sp³-hybridized carbons (Fsp3) is 0.333. The van der Waals surface area contributed by atoms with Gasteiger partial charge in [-0.2, -0.15) is 13.2 Å². The number of carbonyl (C=O) groups is 1. The molecule has 0 spiro atoms. The predicted octanol–water partition coefficient (Wildman–Crippen LogP) is 1.27. The van der Waals surface area contributed by atoms with Gasteiger partial charge in [-0.05, 0) is 6.07 Å². The smallest absolute Gasteiger partial charge is 0.433 e. The van der Waals surface area contributed by atoms with E-state index in [9.17, 15) is 18.0 Å². The van der Waals surface area contributed by atoms with Crippen LogP contribution in [0.1, 0.15) is 17.3 Å². The van der Waals surface area contributed by atoms with Crippen LogP contribution in [-0.4, -0.2) is 18.1 Å². The first-order valence-corrected chi connectivity index (χ1v) is 4.23. The largest absolute Gasteiger partial charge is 0.468 e. The van der Waals surface area contributed by atoms with Crippen molar-refractivity contribution in [1.29, 1.82) is 0 Å². The molecule has 0 aliphatic heterocycles. The number of nitrogens with zero attached hydrogens (tertiary/aromatic N) is 1. The Kier molecular flexibility index (Phi) is 3.48. The second-order valence-electron chi connectivity index (χ2n) is 2.94. The summed E-state index contributed by atoms with van der Waals surface area (Å²) in [5.41, 5.74) is 3.76. The minimum atomic E-state index is -4.65. The molecule has 0 radical (unpaired) electrons. The number of nitrogens with two attached hydrogens (primary N) is 1. The van der Waals surface area contributed by atoms with Gasteiger partial charge >= 0.3 is 12.1 Å². The molecule has 2 N–H and O–H groups in total. The molecule has 1 unspecified atom stereocenters. The first kappa shape index (κ1) is 12.4. The van der Waals surface area contributed by atoms with Crippen molar-refractivity contribution in [2.45, 2.75) is 12.2 Å². The molecule has 0 aromatic carbocycles. The zero-order valence-corrected chi connectivity index (χ0v) is 8.28. The monoisotopic (exact) mass is 234 g/mol. The summed E-state index contributed by atoms with van der Waals surface area (Å²) in [6, 6.07) is 0.875. The lowest BCUT2D eigenvalue weighted by Crippen LogP contribution is -2.26. The van der Waals surface area contributed by atoms with Gasteiger partial charge in [0.1, 0.15) is 11.7 Å². The van der Waals surface area contributed by atoms with Crippen molar-refractivity contribution in [1.82, 2.24) is 4.98 Å². The van der Waals surface area contributed by atoms with Crippen LogP contribution < -0.4 is 5.73 Å². The summed E-state index contributed by atoms with van der Waals surface area (Å²) in [6.07, 6.45) is -3.67. The number of esters is 1. The molecule has 1 atom stereocenters. The van der Waals surface area contributed by atoms with Crippen LogP contribution in [0.5, 0.6) is 0 Å². The van der Waals surface area contributed by atoms with Crippen LogP contribution in [0.2, 0.25) is 0 Å². The number of pyridine rings is 1. The van der Waals surface area contributed by atoms with E-state index in [0.717, 1.165) is 19.4 Å². The number of ether oxygens (including phenoxy) is 1. The number of halogens is 3. The van der Waals surface area contributed by atoms with Gasteiger partial charge in [0.25, 0.3) is 0 Å². The number of hydrogen-bond acceptors (Lipinski definition) is 4. The van der Waals surface area contributed by atoms with Crippen molar-refractivity contribution < 1.29 is 22.7 Å². The summed E-state index contributed by atoms with van der Waals surface area (Å²) in [5, 5.41) is 0. The lowest BCUT2D eigenvalue weighted by Gasteiger charge is -2.15. The van der Waals surface area contributed by atoms with E-state index in [0.29, 0.717) is 0 Å². The van der Waals surface area contributed by atoms with Crippen molar-refractivity contribution in [2.75, 3.05) is 7.11 Å². The highest BCUT2D eigenvalue weighted by atomic mass is 19.4. The van der Waals surface area contributed by atoms with Crippen LogP contribution in [0.15, 0.2) is 18.3 Å². The first-order valence-electron chi connectivity index (χ1n) is 4.23. The van der Waals surface area contributed by atoms with E-state index in [4.69, 9.17) is 5.73 Å². The Balaban J connectivity index is 3.19. The lowest BCUT2D eigenvalue weighted by atomic mass is 10.1. The summed E-state index contributed by atoms with van der Waals surface area (Å²) >= 11 is 0. The normalized spacial score (nSPS) is 13.3. The van der Waals surface area contributed by atoms with Gasteiger partial charge < -0.3 is 10.5 Å². The van der Waals surface area contributed by atoms with Gasteiger partial charge in [-0.25, -0.2) is 0 Å². The molecular formula is C9H9F3N2O2. The van der Waals surface area contributed by atoms with Crippen molar-refractivity contribution >= 4 is 5.97 Å². The molecule has 1 aromatic heterocycles. The highest BCUT2D eigenvalue weighted by molar-refractivity contribution is 5.77. The Labute approximate surface area is 89.2 Å². The fourth-order valence-electron chi connectivity index (χ4n) is 1.16. The van der Waals surface area contributed by atoms with E-state index in [2.05, 4.69) is 9.72 Å². The van der Waals surface area contributed by atoms with Crippen LogP contribution in [-0.2, 0) is 15.7 Å². The maximum absolute atomic E-state index is 12.5. The van der Waals surface area contributed by atoms with E-state index in [-0.39, 0.29) is 0 Å². The standard InChI is InChI=1S/C9H9F3N2O2/c1-16-8(15)6(13)5-3-2-4-14-7(5)9(10,11)12/h2-4,6H,13H2,1H3. The second kappa shape index (κ2) is 4.48. The molecule has 4 nitrogen and oxygen atoms in total. The third-order valence-electron chi connectivity index (χ3n) is 1.90. The molecule has 1 heterocycles. The molecule has 0 bridgehead atoms. The molecule has 0 saturated heterocycles. The number of alkyl halides is 3. The third kappa shape index (κ3) is 2.48. The molecule has 0 aliphatic rings. The van der Waals surface area contributed by atoms with Gasteiger partial charge in [0.2, 0.25) is 0 Å². The minimum Gasteiger partial charge on any atom is -0.468 e. The average Bonchev–Trinajstić information content (AvgIpc) is 2.26. The zero-order valence-electron chi connectivity index (χ0n) is 8.28. The Hall–Kier alpha value is -1.63. The number of aromatic nitrogens is 1. The first-order chi connectivity index (χ1) is 7.38. The van der Waals surface area contributed by atoms with Crippen LogP contribution in [0.3, 0.4) is 0 Å². The molecule has 0 saturated carbocycles. The molecule has 0 amide bonds. The minimum absolute atomic E-state index is 0.401. The maximum Gasteiger partial charge on any atom is 0.433 e. The number of hydrogen-bond donors (Lipinski definition) is 1. The van der Waals surface area contributed by atoms with E-state index >= 15 is 0 Å². The van der Waals surface area contributed by atoms with Crippen LogP contribution in [0.25, 0.3) is 0 Å². The van der Waals surface area contributed by atoms with E-state index in [1.807, 2.05) is 0 Å². The Morgan fingerprint density at radius 2 is 2.19 bits per heavy atom. The van der Waals surface area contributed by atoms with Gasteiger partial charge in [-0.3, -0.25) is 9.78 Å². The second-order valence-corrected chi connectivity index (χ2v) is 2.94. The fourth-order valence-corrected chi connectivity index (χ4v) is 1.16. The highest BCUT2D eigenvalue weighted by Gasteiger charge is 2.37. The quantitative estimate of drug-likeness (QED) is 0.782. The van der Waals surface area contributed by atoms with Crippen molar-refractivity contribution in [3.8, 4) is 0 Å². The maximum atomic E-state index is 12.5. The SMILES string of the molecule is COC(=O)C(N)c1cccnc1C(F)(F)F.